The van der Waals surface area contributed by atoms with Gasteiger partial charge in [-0.25, -0.2) is 0 Å². The molecule has 0 radical (unpaired) electrons. The first-order valence-electron chi connectivity index (χ1n) is 6.20. The second kappa shape index (κ2) is 4.76. The number of allylic oxidation sites excluding steroid dienone is 1. The second-order valence-electron chi connectivity index (χ2n) is 4.50. The van der Waals surface area contributed by atoms with Crippen LogP contribution in [0.1, 0.15) is 18.1 Å². The molecule has 0 fully saturated rings. The normalized spacial score (nSPS) is 18.4. The summed E-state index contributed by atoms with van der Waals surface area (Å²) in [4.78, 5) is 11.5. The van der Waals surface area contributed by atoms with Crippen LogP contribution < -0.4 is 4.74 Å². The van der Waals surface area contributed by atoms with Crippen LogP contribution in [-0.2, 0) is 9.53 Å². The smallest absolute Gasteiger partial charge is 0.162 e. The van der Waals surface area contributed by atoms with Crippen LogP contribution >= 0.6 is 0 Å². The van der Waals surface area contributed by atoms with Crippen LogP contribution in [-0.4, -0.2) is 12.9 Å². The number of methoxy groups -OCH3 is 1. The van der Waals surface area contributed by atoms with E-state index in [1.807, 2.05) is 36.4 Å². The van der Waals surface area contributed by atoms with E-state index in [9.17, 15) is 4.79 Å². The van der Waals surface area contributed by atoms with Gasteiger partial charge in [-0.15, -0.1) is 0 Å². The van der Waals surface area contributed by atoms with Crippen molar-refractivity contribution in [2.45, 2.75) is 12.5 Å². The molecule has 1 unspecified atom stereocenters. The van der Waals surface area contributed by atoms with E-state index in [-0.39, 0.29) is 11.9 Å². The second-order valence-corrected chi connectivity index (χ2v) is 4.50. The van der Waals surface area contributed by atoms with Crippen LogP contribution in [0.4, 0.5) is 0 Å². The van der Waals surface area contributed by atoms with E-state index < -0.39 is 0 Å². The molecule has 1 atom stereocenters. The Morgan fingerprint density at radius 1 is 1.16 bits per heavy atom. The minimum absolute atomic E-state index is 0.0937. The van der Waals surface area contributed by atoms with Gasteiger partial charge in [0.05, 0.1) is 19.8 Å². The summed E-state index contributed by atoms with van der Waals surface area (Å²) in [6.45, 7) is 0. The quantitative estimate of drug-likeness (QED) is 0.824. The van der Waals surface area contributed by atoms with E-state index >= 15 is 0 Å². The molecule has 0 aromatic heterocycles. The molecule has 96 valence electrons. The molecule has 0 N–H and O–H groups in total. The Morgan fingerprint density at radius 3 is 2.68 bits per heavy atom. The lowest BCUT2D eigenvalue weighted by atomic mass is 9.96. The predicted molar refractivity (Wildman–Crippen MR) is 73.1 cm³/mol. The number of carbonyl (C=O) groups is 1. The standard InChI is InChI=1S/C16H14O3/c1-18-15-7-6-14(12-4-2-3-5-13(12)15)16-10-11(17)8-9-19-16/h2-9,16H,10H2,1H3. The third-order valence-corrected chi connectivity index (χ3v) is 3.37. The number of ketones is 1. The van der Waals surface area contributed by atoms with Gasteiger partial charge in [0.1, 0.15) is 11.9 Å². The molecule has 0 saturated heterocycles. The summed E-state index contributed by atoms with van der Waals surface area (Å²) in [6.07, 6.45) is 3.12. The van der Waals surface area contributed by atoms with E-state index in [4.69, 9.17) is 9.47 Å². The van der Waals surface area contributed by atoms with Crippen molar-refractivity contribution >= 4 is 16.6 Å². The number of carbonyl (C=O) groups excluding carboxylic acids is 1. The van der Waals surface area contributed by atoms with Gasteiger partial charge in [-0.1, -0.05) is 30.3 Å². The Kier molecular flexibility index (Phi) is 2.95. The Balaban J connectivity index is 2.14. The fraction of sp³-hybridized carbons (Fsp3) is 0.188. The Bertz CT molecular complexity index is 658. The molecule has 0 aliphatic carbocycles. The lowest BCUT2D eigenvalue weighted by Crippen LogP contribution is -2.11. The highest BCUT2D eigenvalue weighted by Gasteiger charge is 2.21. The van der Waals surface area contributed by atoms with Crippen LogP contribution in [0.25, 0.3) is 10.8 Å². The summed E-state index contributed by atoms with van der Waals surface area (Å²) < 4.78 is 10.9. The van der Waals surface area contributed by atoms with Crippen LogP contribution in [0, 0.1) is 0 Å². The molecule has 0 amide bonds. The summed E-state index contributed by atoms with van der Waals surface area (Å²) in [5.41, 5.74) is 1.02. The maximum Gasteiger partial charge on any atom is 0.162 e. The Labute approximate surface area is 111 Å². The van der Waals surface area contributed by atoms with Gasteiger partial charge in [0.2, 0.25) is 0 Å². The Hall–Kier alpha value is -2.29. The predicted octanol–water partition coefficient (Wildman–Crippen LogP) is 3.39. The molecular weight excluding hydrogens is 240 g/mol. The number of fused-ring (bicyclic) bond motifs is 1. The van der Waals surface area contributed by atoms with E-state index in [0.29, 0.717) is 6.42 Å². The number of ether oxygens (including phenoxy) is 2. The van der Waals surface area contributed by atoms with E-state index in [1.54, 1.807) is 7.11 Å². The SMILES string of the molecule is COc1ccc(C2CC(=O)C=CO2)c2ccccc12. The van der Waals surface area contributed by atoms with E-state index in [2.05, 4.69) is 0 Å². The van der Waals surface area contributed by atoms with Gasteiger partial charge in [-0.05, 0) is 11.5 Å². The van der Waals surface area contributed by atoms with Crippen molar-refractivity contribution in [3.05, 3.63) is 54.3 Å². The van der Waals surface area contributed by atoms with Crippen molar-refractivity contribution in [2.75, 3.05) is 7.11 Å². The van der Waals surface area contributed by atoms with Crippen LogP contribution in [0.5, 0.6) is 5.75 Å². The molecule has 1 heterocycles. The monoisotopic (exact) mass is 254 g/mol. The topological polar surface area (TPSA) is 35.5 Å². The van der Waals surface area contributed by atoms with E-state index in [0.717, 1.165) is 22.1 Å². The highest BCUT2D eigenvalue weighted by Crippen LogP contribution is 2.35. The van der Waals surface area contributed by atoms with Crippen LogP contribution in [0.15, 0.2) is 48.7 Å². The van der Waals surface area contributed by atoms with E-state index in [1.165, 1.54) is 12.3 Å². The fourth-order valence-corrected chi connectivity index (χ4v) is 2.45. The lowest BCUT2D eigenvalue weighted by Gasteiger charge is -2.21. The minimum atomic E-state index is -0.215. The molecule has 2 aromatic carbocycles. The molecule has 1 aliphatic rings. The first-order chi connectivity index (χ1) is 9.29. The van der Waals surface area contributed by atoms with Gasteiger partial charge in [-0.3, -0.25) is 4.79 Å². The number of rotatable bonds is 2. The van der Waals surface area contributed by atoms with Gasteiger partial charge in [-0.2, -0.15) is 0 Å². The minimum Gasteiger partial charge on any atom is -0.496 e. The molecule has 2 aromatic rings. The molecule has 3 nitrogen and oxygen atoms in total. The third-order valence-electron chi connectivity index (χ3n) is 3.37. The average molecular weight is 254 g/mol. The first-order valence-corrected chi connectivity index (χ1v) is 6.20. The maximum absolute atomic E-state index is 11.5. The molecule has 0 bridgehead atoms. The lowest BCUT2D eigenvalue weighted by molar-refractivity contribution is -0.118. The van der Waals surface area contributed by atoms with Crippen molar-refractivity contribution in [3.63, 3.8) is 0 Å². The summed E-state index contributed by atoms with van der Waals surface area (Å²) >= 11 is 0. The number of hydrogen-bond acceptors (Lipinski definition) is 3. The zero-order chi connectivity index (χ0) is 13.2. The average Bonchev–Trinajstić information content (AvgIpc) is 2.46. The zero-order valence-electron chi connectivity index (χ0n) is 10.6. The number of hydrogen-bond donors (Lipinski definition) is 0. The molecular formula is C16H14O3. The fourth-order valence-electron chi connectivity index (χ4n) is 2.45. The molecule has 1 aliphatic heterocycles. The van der Waals surface area contributed by atoms with Gasteiger partial charge in [0.25, 0.3) is 0 Å². The first kappa shape index (κ1) is 11.8. The summed E-state index contributed by atoms with van der Waals surface area (Å²) in [5, 5.41) is 2.10. The summed E-state index contributed by atoms with van der Waals surface area (Å²) in [6, 6.07) is 11.9. The molecule has 3 heteroatoms. The van der Waals surface area contributed by atoms with Crippen molar-refractivity contribution in [1.29, 1.82) is 0 Å². The van der Waals surface area contributed by atoms with Crippen molar-refractivity contribution in [2.24, 2.45) is 0 Å². The van der Waals surface area contributed by atoms with Gasteiger partial charge < -0.3 is 9.47 Å². The van der Waals surface area contributed by atoms with Gasteiger partial charge in [0.15, 0.2) is 5.78 Å². The van der Waals surface area contributed by atoms with Crippen molar-refractivity contribution in [1.82, 2.24) is 0 Å². The summed E-state index contributed by atoms with van der Waals surface area (Å²) in [5.74, 6) is 0.924. The largest absolute Gasteiger partial charge is 0.496 e. The van der Waals surface area contributed by atoms with Crippen LogP contribution in [0.2, 0.25) is 0 Å². The molecule has 0 spiro atoms. The number of benzene rings is 2. The maximum atomic E-state index is 11.5. The van der Waals surface area contributed by atoms with Crippen molar-refractivity contribution < 1.29 is 14.3 Å². The molecule has 0 saturated carbocycles. The molecule has 3 rings (SSSR count). The van der Waals surface area contributed by atoms with Gasteiger partial charge >= 0.3 is 0 Å². The Morgan fingerprint density at radius 2 is 1.95 bits per heavy atom. The third kappa shape index (κ3) is 2.08. The van der Waals surface area contributed by atoms with Gasteiger partial charge in [0, 0.05) is 17.0 Å². The van der Waals surface area contributed by atoms with Crippen molar-refractivity contribution in [3.8, 4) is 5.75 Å². The highest BCUT2D eigenvalue weighted by atomic mass is 16.5. The summed E-state index contributed by atoms with van der Waals surface area (Å²) in [7, 11) is 1.66. The van der Waals surface area contributed by atoms with Crippen LogP contribution in [0.3, 0.4) is 0 Å². The zero-order valence-corrected chi connectivity index (χ0v) is 10.6. The molecule has 19 heavy (non-hydrogen) atoms. The highest BCUT2D eigenvalue weighted by molar-refractivity contribution is 5.94.